The van der Waals surface area contributed by atoms with Gasteiger partial charge in [0.25, 0.3) is 0 Å². The summed E-state index contributed by atoms with van der Waals surface area (Å²) in [7, 11) is 1.53. The Kier molecular flexibility index (Phi) is 4.12. The molecular weight excluding hydrogens is 270 g/mol. The fraction of sp³-hybridized carbons (Fsp3) is 0.250. The van der Waals surface area contributed by atoms with Gasteiger partial charge >= 0.3 is 0 Å². The molecule has 2 aromatic rings. The molecule has 5 heteroatoms. The van der Waals surface area contributed by atoms with E-state index >= 15 is 0 Å². The zero-order chi connectivity index (χ0) is 15.6. The lowest BCUT2D eigenvalue weighted by molar-refractivity contribution is 0.400. The summed E-state index contributed by atoms with van der Waals surface area (Å²) in [5.74, 6) is 0.851. The molecule has 5 nitrogen and oxygen atoms in total. The van der Waals surface area contributed by atoms with Gasteiger partial charge in [-0.3, -0.25) is 0 Å². The van der Waals surface area contributed by atoms with Gasteiger partial charge in [-0.1, -0.05) is 6.07 Å². The molecule has 21 heavy (non-hydrogen) atoms. The van der Waals surface area contributed by atoms with Gasteiger partial charge in [-0.25, -0.2) is 0 Å². The molecule has 0 atom stereocenters. The number of rotatable bonds is 4. The van der Waals surface area contributed by atoms with E-state index in [2.05, 4.69) is 5.32 Å². The average Bonchev–Trinajstić information content (AvgIpc) is 2.46. The Morgan fingerprint density at radius 3 is 2.48 bits per heavy atom. The number of phenolic OH excluding ortho intramolecular Hbond substituents is 3. The monoisotopic (exact) mass is 289 g/mol. The van der Waals surface area contributed by atoms with Gasteiger partial charge in [0.15, 0.2) is 0 Å². The Hall–Kier alpha value is -2.56. The van der Waals surface area contributed by atoms with E-state index in [1.165, 1.54) is 13.2 Å². The van der Waals surface area contributed by atoms with Crippen molar-refractivity contribution >= 4 is 5.69 Å². The molecule has 0 spiro atoms. The van der Waals surface area contributed by atoms with Gasteiger partial charge in [0.05, 0.1) is 18.4 Å². The predicted molar refractivity (Wildman–Crippen MR) is 81.2 cm³/mol. The second-order valence-corrected chi connectivity index (χ2v) is 4.87. The van der Waals surface area contributed by atoms with Crippen molar-refractivity contribution in [1.29, 1.82) is 0 Å². The molecule has 4 N–H and O–H groups in total. The summed E-state index contributed by atoms with van der Waals surface area (Å²) < 4.78 is 5.21. The fourth-order valence-corrected chi connectivity index (χ4v) is 2.20. The van der Waals surface area contributed by atoms with Crippen LogP contribution in [0.5, 0.6) is 23.0 Å². The van der Waals surface area contributed by atoms with Crippen molar-refractivity contribution in [2.45, 2.75) is 20.4 Å². The Labute approximate surface area is 123 Å². The van der Waals surface area contributed by atoms with Gasteiger partial charge in [0.2, 0.25) is 0 Å². The molecule has 0 aliphatic carbocycles. The van der Waals surface area contributed by atoms with Gasteiger partial charge in [0, 0.05) is 12.1 Å². The third-order valence-electron chi connectivity index (χ3n) is 3.49. The van der Waals surface area contributed by atoms with E-state index in [4.69, 9.17) is 4.74 Å². The van der Waals surface area contributed by atoms with E-state index in [9.17, 15) is 15.3 Å². The molecule has 0 saturated carbocycles. The number of anilines is 1. The van der Waals surface area contributed by atoms with Crippen LogP contribution in [0.2, 0.25) is 0 Å². The van der Waals surface area contributed by atoms with Crippen LogP contribution in [0.25, 0.3) is 0 Å². The summed E-state index contributed by atoms with van der Waals surface area (Å²) in [4.78, 5) is 0. The first-order valence-electron chi connectivity index (χ1n) is 6.56. The third-order valence-corrected chi connectivity index (χ3v) is 3.49. The predicted octanol–water partition coefficient (Wildman–Crippen LogP) is 3.04. The smallest absolute Gasteiger partial charge is 0.142 e. The topological polar surface area (TPSA) is 82.0 Å². The standard InChI is InChI=1S/C16H19NO4/c1-9-7-13(19)10(2)15(16(9)20)17-8-11-12(18)5-4-6-14(11)21-3/h4-7,17-20H,8H2,1-3H3. The van der Waals surface area contributed by atoms with Crippen LogP contribution in [0.15, 0.2) is 24.3 Å². The molecule has 0 bridgehead atoms. The second-order valence-electron chi connectivity index (χ2n) is 4.87. The molecule has 0 fully saturated rings. The molecule has 0 heterocycles. The minimum absolute atomic E-state index is 0.0830. The minimum atomic E-state index is 0.0830. The van der Waals surface area contributed by atoms with Crippen LogP contribution in [0, 0.1) is 13.8 Å². The van der Waals surface area contributed by atoms with Crippen molar-refractivity contribution in [2.24, 2.45) is 0 Å². The van der Waals surface area contributed by atoms with E-state index < -0.39 is 0 Å². The zero-order valence-electron chi connectivity index (χ0n) is 12.3. The molecule has 0 radical (unpaired) electrons. The molecular formula is C16H19NO4. The quantitative estimate of drug-likeness (QED) is 0.514. The van der Waals surface area contributed by atoms with Crippen LogP contribution in [0.4, 0.5) is 5.69 Å². The third kappa shape index (κ3) is 2.81. The zero-order valence-corrected chi connectivity index (χ0v) is 12.3. The van der Waals surface area contributed by atoms with Gasteiger partial charge in [0.1, 0.15) is 23.0 Å². The molecule has 0 aliphatic rings. The van der Waals surface area contributed by atoms with Crippen molar-refractivity contribution in [3.05, 3.63) is 41.0 Å². The first kappa shape index (κ1) is 14.8. The Bertz CT molecular complexity index is 642. The van der Waals surface area contributed by atoms with Crippen LogP contribution >= 0.6 is 0 Å². The van der Waals surface area contributed by atoms with Crippen LogP contribution in [-0.2, 0) is 6.54 Å². The number of aryl methyl sites for hydroxylation is 1. The number of ether oxygens (including phenoxy) is 1. The largest absolute Gasteiger partial charge is 0.508 e. The Morgan fingerprint density at radius 1 is 1.10 bits per heavy atom. The Balaban J connectivity index is 2.33. The van der Waals surface area contributed by atoms with Gasteiger partial charge in [-0.15, -0.1) is 0 Å². The lowest BCUT2D eigenvalue weighted by Crippen LogP contribution is -2.04. The highest BCUT2D eigenvalue weighted by Crippen LogP contribution is 2.37. The van der Waals surface area contributed by atoms with Gasteiger partial charge in [-0.2, -0.15) is 0 Å². The summed E-state index contributed by atoms with van der Waals surface area (Å²) in [6.07, 6.45) is 0. The maximum Gasteiger partial charge on any atom is 0.142 e. The molecule has 0 aromatic heterocycles. The van der Waals surface area contributed by atoms with Crippen LogP contribution < -0.4 is 10.1 Å². The Morgan fingerprint density at radius 2 is 1.81 bits per heavy atom. The normalized spacial score (nSPS) is 10.4. The van der Waals surface area contributed by atoms with Crippen molar-refractivity contribution in [3.8, 4) is 23.0 Å². The van der Waals surface area contributed by atoms with E-state index in [0.717, 1.165) is 0 Å². The van der Waals surface area contributed by atoms with E-state index in [1.807, 2.05) is 0 Å². The first-order valence-corrected chi connectivity index (χ1v) is 6.56. The number of hydrogen-bond acceptors (Lipinski definition) is 5. The highest BCUT2D eigenvalue weighted by molar-refractivity contribution is 5.68. The number of hydrogen-bond donors (Lipinski definition) is 4. The maximum absolute atomic E-state index is 10.1. The minimum Gasteiger partial charge on any atom is -0.508 e. The lowest BCUT2D eigenvalue weighted by atomic mass is 10.1. The van der Waals surface area contributed by atoms with Crippen molar-refractivity contribution < 1.29 is 20.1 Å². The highest BCUT2D eigenvalue weighted by atomic mass is 16.5. The first-order chi connectivity index (χ1) is 9.95. The number of benzene rings is 2. The summed E-state index contributed by atoms with van der Waals surface area (Å²) in [5.41, 5.74) is 2.15. The van der Waals surface area contributed by atoms with Crippen LogP contribution in [0.3, 0.4) is 0 Å². The molecule has 0 amide bonds. The summed E-state index contributed by atoms with van der Waals surface area (Å²) >= 11 is 0. The maximum atomic E-state index is 10.1. The number of aromatic hydroxyl groups is 3. The van der Waals surface area contributed by atoms with Crippen molar-refractivity contribution in [2.75, 3.05) is 12.4 Å². The summed E-state index contributed by atoms with van der Waals surface area (Å²) in [6, 6.07) is 6.52. The second kappa shape index (κ2) is 5.83. The van der Waals surface area contributed by atoms with Gasteiger partial charge in [-0.05, 0) is 37.6 Å². The lowest BCUT2D eigenvalue weighted by Gasteiger charge is -2.16. The molecule has 2 aromatic carbocycles. The summed E-state index contributed by atoms with van der Waals surface area (Å²) in [5, 5.41) is 32.9. The molecule has 0 unspecified atom stereocenters. The SMILES string of the molecule is COc1cccc(O)c1CNc1c(C)c(O)cc(C)c1O. The average molecular weight is 289 g/mol. The van der Waals surface area contributed by atoms with E-state index in [0.29, 0.717) is 28.1 Å². The molecule has 112 valence electrons. The molecule has 0 aliphatic heterocycles. The highest BCUT2D eigenvalue weighted by Gasteiger charge is 2.14. The number of phenols is 3. The van der Waals surface area contributed by atoms with Crippen molar-refractivity contribution in [1.82, 2.24) is 0 Å². The van der Waals surface area contributed by atoms with E-state index in [1.54, 1.807) is 32.0 Å². The molecule has 0 saturated heterocycles. The van der Waals surface area contributed by atoms with Gasteiger partial charge < -0.3 is 25.4 Å². The summed E-state index contributed by atoms with van der Waals surface area (Å²) in [6.45, 7) is 3.67. The number of nitrogens with one attached hydrogen (secondary N) is 1. The van der Waals surface area contributed by atoms with E-state index in [-0.39, 0.29) is 23.8 Å². The van der Waals surface area contributed by atoms with Crippen LogP contribution in [-0.4, -0.2) is 22.4 Å². The fourth-order valence-electron chi connectivity index (χ4n) is 2.20. The molecule has 2 rings (SSSR count). The van der Waals surface area contributed by atoms with Crippen LogP contribution in [0.1, 0.15) is 16.7 Å². The number of methoxy groups -OCH3 is 1. The van der Waals surface area contributed by atoms with Crippen molar-refractivity contribution in [3.63, 3.8) is 0 Å².